The molecule has 0 N–H and O–H groups in total. The summed E-state index contributed by atoms with van der Waals surface area (Å²) < 4.78 is 7.99. The quantitative estimate of drug-likeness (QED) is 0.409. The van der Waals surface area contributed by atoms with E-state index in [0.717, 1.165) is 26.9 Å². The number of hydrogen-bond donors (Lipinski definition) is 0. The van der Waals surface area contributed by atoms with Gasteiger partial charge in [0.15, 0.2) is 5.13 Å². The molecular weight excluding hydrogens is 412 g/mol. The number of nitrogens with zero attached hydrogens (tertiary/aromatic N) is 6. The molecule has 0 spiro atoms. The first-order chi connectivity index (χ1) is 15.2. The number of carbonyl (C=O) groups excluding carboxylic acids is 1. The maximum atomic E-state index is 13.4. The van der Waals surface area contributed by atoms with Gasteiger partial charge in [-0.3, -0.25) is 14.7 Å². The Hall–Kier alpha value is -3.85. The summed E-state index contributed by atoms with van der Waals surface area (Å²) in [4.78, 5) is 24.2. The molecule has 3 heterocycles. The van der Waals surface area contributed by atoms with Crippen molar-refractivity contribution in [2.75, 3.05) is 12.0 Å². The number of pyridine rings is 1. The highest BCUT2D eigenvalue weighted by molar-refractivity contribution is 7.22. The lowest BCUT2D eigenvalue weighted by Crippen LogP contribution is -2.34. The van der Waals surface area contributed by atoms with Crippen molar-refractivity contribution in [1.82, 2.24) is 25.0 Å². The fourth-order valence-electron chi connectivity index (χ4n) is 3.36. The molecule has 0 fully saturated rings. The second kappa shape index (κ2) is 8.11. The van der Waals surface area contributed by atoms with Crippen LogP contribution < -0.4 is 9.64 Å². The average molecular weight is 430 g/mol. The zero-order valence-corrected chi connectivity index (χ0v) is 17.5. The van der Waals surface area contributed by atoms with E-state index in [1.165, 1.54) is 11.3 Å². The molecule has 31 heavy (non-hydrogen) atoms. The smallest absolute Gasteiger partial charge is 0.250 e. The predicted molar refractivity (Wildman–Crippen MR) is 119 cm³/mol. The van der Waals surface area contributed by atoms with E-state index in [0.29, 0.717) is 17.4 Å². The zero-order valence-electron chi connectivity index (χ0n) is 16.7. The molecule has 1 amide bonds. The maximum absolute atomic E-state index is 13.4. The van der Waals surface area contributed by atoms with Crippen molar-refractivity contribution in [1.29, 1.82) is 0 Å². The number of benzene rings is 2. The Balaban J connectivity index is 1.53. The van der Waals surface area contributed by atoms with Crippen LogP contribution in [0.5, 0.6) is 5.75 Å². The van der Waals surface area contributed by atoms with Crippen molar-refractivity contribution in [3.8, 4) is 5.75 Å². The second-order valence-corrected chi connectivity index (χ2v) is 7.85. The largest absolute Gasteiger partial charge is 0.494 e. The zero-order chi connectivity index (χ0) is 21.2. The maximum Gasteiger partial charge on any atom is 0.250 e. The molecule has 0 atom stereocenters. The summed E-state index contributed by atoms with van der Waals surface area (Å²) in [5.41, 5.74) is 3.05. The normalized spacial score (nSPS) is 11.1. The third kappa shape index (κ3) is 3.71. The van der Waals surface area contributed by atoms with E-state index in [2.05, 4.69) is 15.3 Å². The van der Waals surface area contributed by atoms with Crippen LogP contribution in [0.15, 0.2) is 66.9 Å². The number of thiazole rings is 1. The molecule has 5 rings (SSSR count). The molecule has 0 unspecified atom stereocenters. The van der Waals surface area contributed by atoms with Crippen LogP contribution in [-0.2, 0) is 17.9 Å². The summed E-state index contributed by atoms with van der Waals surface area (Å²) in [6.45, 7) is 0.342. The first-order valence-corrected chi connectivity index (χ1v) is 10.5. The number of hydrogen-bond acceptors (Lipinski definition) is 7. The van der Waals surface area contributed by atoms with E-state index in [9.17, 15) is 4.79 Å². The third-order valence-electron chi connectivity index (χ3n) is 4.87. The Morgan fingerprint density at radius 1 is 1.10 bits per heavy atom. The third-order valence-corrected chi connectivity index (χ3v) is 5.92. The molecule has 0 aliphatic heterocycles. The fraction of sp³-hybridized carbons (Fsp3) is 0.136. The average Bonchev–Trinajstić information content (AvgIpc) is 3.42. The van der Waals surface area contributed by atoms with Gasteiger partial charge >= 0.3 is 0 Å². The summed E-state index contributed by atoms with van der Waals surface area (Å²) in [6, 6.07) is 18.9. The van der Waals surface area contributed by atoms with Crippen LogP contribution in [-0.4, -0.2) is 38.0 Å². The SMILES string of the molecule is COc1cccc2sc(N(Cc3ccccn3)C(=O)Cn3nnc4ccccc43)nc12. The number of methoxy groups -OCH3 is 1. The predicted octanol–water partition coefficient (Wildman–Crippen LogP) is 3.68. The van der Waals surface area contributed by atoms with E-state index in [4.69, 9.17) is 9.72 Å². The molecule has 0 saturated heterocycles. The Labute approximate surface area is 181 Å². The van der Waals surface area contributed by atoms with Gasteiger partial charge in [0.05, 0.1) is 29.6 Å². The fourth-order valence-corrected chi connectivity index (χ4v) is 4.36. The van der Waals surface area contributed by atoms with Crippen LogP contribution in [0.1, 0.15) is 5.69 Å². The van der Waals surface area contributed by atoms with Crippen LogP contribution in [0.2, 0.25) is 0 Å². The Bertz CT molecular complexity index is 1360. The van der Waals surface area contributed by atoms with E-state index < -0.39 is 0 Å². The highest BCUT2D eigenvalue weighted by Crippen LogP contribution is 2.34. The van der Waals surface area contributed by atoms with Crippen LogP contribution in [0.25, 0.3) is 21.3 Å². The molecule has 3 aromatic heterocycles. The molecule has 8 nitrogen and oxygen atoms in total. The van der Waals surface area contributed by atoms with Gasteiger partial charge in [0.1, 0.15) is 23.3 Å². The first kappa shape index (κ1) is 19.1. The van der Waals surface area contributed by atoms with Crippen molar-refractivity contribution in [2.45, 2.75) is 13.1 Å². The topological polar surface area (TPSA) is 86.0 Å². The van der Waals surface area contributed by atoms with Crippen LogP contribution in [0.4, 0.5) is 5.13 Å². The highest BCUT2D eigenvalue weighted by atomic mass is 32.1. The lowest BCUT2D eigenvalue weighted by molar-refractivity contribution is -0.119. The van der Waals surface area contributed by atoms with Crippen LogP contribution >= 0.6 is 11.3 Å². The van der Waals surface area contributed by atoms with Crippen LogP contribution in [0.3, 0.4) is 0 Å². The van der Waals surface area contributed by atoms with Gasteiger partial charge in [-0.05, 0) is 36.4 Å². The number of aromatic nitrogens is 5. The highest BCUT2D eigenvalue weighted by Gasteiger charge is 2.23. The van der Waals surface area contributed by atoms with Gasteiger partial charge in [-0.25, -0.2) is 9.67 Å². The van der Waals surface area contributed by atoms with E-state index >= 15 is 0 Å². The Kier molecular flexibility index (Phi) is 5.01. The van der Waals surface area contributed by atoms with Crippen LogP contribution in [0, 0.1) is 0 Å². The number of rotatable bonds is 6. The van der Waals surface area contributed by atoms with Crippen molar-refractivity contribution < 1.29 is 9.53 Å². The van der Waals surface area contributed by atoms with Crippen molar-refractivity contribution in [3.05, 3.63) is 72.6 Å². The summed E-state index contributed by atoms with van der Waals surface area (Å²) in [5, 5.41) is 8.88. The van der Waals surface area contributed by atoms with Gasteiger partial charge < -0.3 is 4.74 Å². The first-order valence-electron chi connectivity index (χ1n) is 9.65. The summed E-state index contributed by atoms with van der Waals surface area (Å²) in [6.07, 6.45) is 1.71. The van der Waals surface area contributed by atoms with Gasteiger partial charge in [-0.15, -0.1) is 5.10 Å². The minimum absolute atomic E-state index is 0.0421. The lowest BCUT2D eigenvalue weighted by atomic mass is 10.3. The number of amides is 1. The molecule has 0 saturated carbocycles. The molecule has 154 valence electrons. The summed E-state index contributed by atoms with van der Waals surface area (Å²) in [7, 11) is 1.61. The van der Waals surface area contributed by atoms with Gasteiger partial charge in [0.25, 0.3) is 5.91 Å². The minimum Gasteiger partial charge on any atom is -0.494 e. The van der Waals surface area contributed by atoms with Gasteiger partial charge in [0.2, 0.25) is 0 Å². The number of para-hydroxylation sites is 2. The van der Waals surface area contributed by atoms with Gasteiger partial charge in [-0.1, -0.05) is 40.8 Å². The molecular formula is C22H18N6O2S. The standard InChI is InChI=1S/C22H18N6O2S/c1-30-18-10-6-11-19-21(18)24-22(31-19)27(13-15-7-4-5-12-23-15)20(29)14-28-17-9-3-2-8-16(17)25-26-28/h2-12H,13-14H2,1H3. The molecule has 0 bridgehead atoms. The molecule has 2 aromatic carbocycles. The van der Waals surface area contributed by atoms with E-state index in [1.807, 2.05) is 60.7 Å². The van der Waals surface area contributed by atoms with Crippen molar-refractivity contribution >= 4 is 43.6 Å². The second-order valence-electron chi connectivity index (χ2n) is 6.84. The van der Waals surface area contributed by atoms with Gasteiger partial charge in [0, 0.05) is 6.20 Å². The molecule has 0 radical (unpaired) electrons. The molecule has 0 aliphatic rings. The lowest BCUT2D eigenvalue weighted by Gasteiger charge is -2.19. The molecule has 5 aromatic rings. The summed E-state index contributed by atoms with van der Waals surface area (Å²) in [5.74, 6) is 0.520. The Morgan fingerprint density at radius 2 is 1.97 bits per heavy atom. The number of anilines is 1. The van der Waals surface area contributed by atoms with Gasteiger partial charge in [-0.2, -0.15) is 0 Å². The molecule has 9 heteroatoms. The van der Waals surface area contributed by atoms with Crippen molar-refractivity contribution in [2.24, 2.45) is 0 Å². The molecule has 0 aliphatic carbocycles. The van der Waals surface area contributed by atoms with E-state index in [-0.39, 0.29) is 12.5 Å². The number of carbonyl (C=O) groups is 1. The number of fused-ring (bicyclic) bond motifs is 2. The Morgan fingerprint density at radius 3 is 2.81 bits per heavy atom. The monoisotopic (exact) mass is 430 g/mol. The minimum atomic E-state index is -0.153. The summed E-state index contributed by atoms with van der Waals surface area (Å²) >= 11 is 1.44. The number of ether oxygens (including phenoxy) is 1. The van der Waals surface area contributed by atoms with Crippen molar-refractivity contribution in [3.63, 3.8) is 0 Å². The van der Waals surface area contributed by atoms with E-state index in [1.54, 1.807) is 22.9 Å².